The van der Waals surface area contributed by atoms with E-state index in [0.29, 0.717) is 23.3 Å². The quantitative estimate of drug-likeness (QED) is 0.330. The van der Waals surface area contributed by atoms with Crippen LogP contribution in [-0.4, -0.2) is 45.9 Å². The Kier molecular flexibility index (Phi) is 12.0. The number of aliphatic carboxylic acids is 1. The number of ether oxygens (including phenoxy) is 1. The Balaban J connectivity index is 3.05. The maximum Gasteiger partial charge on any atom is 0.411 e. The summed E-state index contributed by atoms with van der Waals surface area (Å²) in [6, 6.07) is 8.12. The second-order valence-corrected chi connectivity index (χ2v) is 16.4. The van der Waals surface area contributed by atoms with Gasteiger partial charge in [-0.3, -0.25) is 9.46 Å². The minimum absolute atomic E-state index is 0.0365. The molecule has 0 aliphatic carbocycles. The Morgan fingerprint density at radius 1 is 1.07 bits per heavy atom. The third-order valence-corrected chi connectivity index (χ3v) is 12.9. The first-order valence-electron chi connectivity index (χ1n) is 10.2. The second-order valence-electron chi connectivity index (χ2n) is 7.90. The van der Waals surface area contributed by atoms with E-state index in [1.807, 2.05) is 58.0 Å². The van der Waals surface area contributed by atoms with Crippen LogP contribution in [0.3, 0.4) is 0 Å². The van der Waals surface area contributed by atoms with Gasteiger partial charge < -0.3 is 9.84 Å². The van der Waals surface area contributed by atoms with Crippen LogP contribution < -0.4 is 0 Å². The van der Waals surface area contributed by atoms with E-state index >= 15 is 0 Å². The van der Waals surface area contributed by atoms with Crippen molar-refractivity contribution in [2.24, 2.45) is 11.8 Å². The molecule has 9 heteroatoms. The lowest BCUT2D eigenvalue weighted by atomic mass is 10.2. The summed E-state index contributed by atoms with van der Waals surface area (Å²) in [6.07, 6.45) is -0.664. The molecule has 0 aliphatic heterocycles. The number of carbonyl (C=O) groups is 2. The highest BCUT2D eigenvalue weighted by Gasteiger charge is 2.37. The summed E-state index contributed by atoms with van der Waals surface area (Å²) in [6.45, 7) is 9.91. The molecule has 0 saturated carbocycles. The molecular formula is C21H34NO5PS2. The number of rotatable bonds is 13. The minimum Gasteiger partial charge on any atom is -0.480 e. The zero-order chi connectivity index (χ0) is 22.7. The van der Waals surface area contributed by atoms with E-state index in [1.165, 1.54) is 22.8 Å². The molecule has 1 amide bonds. The van der Waals surface area contributed by atoms with Crippen LogP contribution >= 0.6 is 28.3 Å². The largest absolute Gasteiger partial charge is 0.480 e. The second kappa shape index (κ2) is 13.3. The van der Waals surface area contributed by atoms with Crippen molar-refractivity contribution in [1.29, 1.82) is 0 Å². The Hall–Kier alpha value is -1.11. The molecule has 1 unspecified atom stereocenters. The molecule has 170 valence electrons. The van der Waals surface area contributed by atoms with E-state index in [9.17, 15) is 19.3 Å². The third-order valence-electron chi connectivity index (χ3n) is 4.02. The molecule has 0 aromatic heterocycles. The molecular weight excluding hydrogens is 441 g/mol. The molecule has 0 aliphatic rings. The van der Waals surface area contributed by atoms with Crippen molar-refractivity contribution in [2.75, 3.05) is 17.8 Å². The molecule has 1 rings (SSSR count). The molecule has 1 aromatic carbocycles. The van der Waals surface area contributed by atoms with Crippen molar-refractivity contribution in [3.05, 3.63) is 35.9 Å². The molecule has 6 nitrogen and oxygen atoms in total. The average Bonchev–Trinajstić information content (AvgIpc) is 2.69. The number of nitrogens with zero attached hydrogens (tertiary/aromatic N) is 1. The normalized spacial score (nSPS) is 12.8. The van der Waals surface area contributed by atoms with E-state index in [0.717, 1.165) is 10.5 Å². The van der Waals surface area contributed by atoms with E-state index in [1.54, 1.807) is 6.92 Å². The molecule has 1 aromatic rings. The number of amides is 1. The molecule has 0 radical (unpaired) electrons. The van der Waals surface area contributed by atoms with Gasteiger partial charge in [0, 0.05) is 11.5 Å². The number of hydrogen-bond acceptors (Lipinski definition) is 6. The van der Waals surface area contributed by atoms with Gasteiger partial charge in [-0.1, -0.05) is 87.7 Å². The van der Waals surface area contributed by atoms with Crippen molar-refractivity contribution < 1.29 is 24.0 Å². The van der Waals surface area contributed by atoms with Crippen LogP contribution in [0.2, 0.25) is 0 Å². The van der Waals surface area contributed by atoms with Gasteiger partial charge in [-0.25, -0.2) is 9.59 Å². The summed E-state index contributed by atoms with van der Waals surface area (Å²) in [5, 5.41) is 9.66. The van der Waals surface area contributed by atoms with Gasteiger partial charge in [-0.2, -0.15) is 0 Å². The molecule has 0 spiro atoms. The van der Waals surface area contributed by atoms with E-state index in [4.69, 9.17) is 4.74 Å². The van der Waals surface area contributed by atoms with Gasteiger partial charge in [0.2, 0.25) is 5.55 Å². The highest BCUT2D eigenvalue weighted by atomic mass is 33.1. The minimum atomic E-state index is -2.94. The molecule has 1 atom stereocenters. The molecule has 1 N–H and O–H groups in total. The summed E-state index contributed by atoms with van der Waals surface area (Å²) >= 11 is 2.70. The van der Waals surface area contributed by atoms with Gasteiger partial charge in [0.1, 0.15) is 12.6 Å². The zero-order valence-corrected chi connectivity index (χ0v) is 21.0. The Morgan fingerprint density at radius 3 is 2.03 bits per heavy atom. The first kappa shape index (κ1) is 26.9. The molecule has 0 saturated heterocycles. The van der Waals surface area contributed by atoms with Gasteiger partial charge in [0.25, 0.3) is 0 Å². The Labute approximate surface area is 188 Å². The molecule has 0 bridgehead atoms. The maximum atomic E-state index is 13.7. The van der Waals surface area contributed by atoms with Gasteiger partial charge in [-0.05, 0) is 23.8 Å². The fraction of sp³-hybridized carbons (Fsp3) is 0.619. The first-order chi connectivity index (χ1) is 14.1. The monoisotopic (exact) mass is 475 g/mol. The molecule has 0 fully saturated rings. The standard InChI is InChI=1S/C21H34NO5PS2/c1-6-19(20(23)24)22(21(25)27-12-18-10-8-7-9-11-18)15-28(26,29-13-16(2)3)30-14-17(4)5/h7-11,16-17,19H,6,12-15H2,1-5H3,(H,23,24). The van der Waals surface area contributed by atoms with E-state index < -0.39 is 23.7 Å². The molecule has 0 heterocycles. The van der Waals surface area contributed by atoms with Gasteiger partial charge >= 0.3 is 12.1 Å². The predicted octanol–water partition coefficient (Wildman–Crippen LogP) is 6.42. The number of carbonyl (C=O) groups excluding carboxylic acids is 1. The van der Waals surface area contributed by atoms with Crippen molar-refractivity contribution >= 4 is 40.4 Å². The van der Waals surface area contributed by atoms with Crippen LogP contribution in [0.1, 0.15) is 46.6 Å². The van der Waals surface area contributed by atoms with Crippen LogP contribution in [0.4, 0.5) is 4.79 Å². The number of carboxylic acid groups (broad SMARTS) is 1. The van der Waals surface area contributed by atoms with Crippen molar-refractivity contribution in [1.82, 2.24) is 4.90 Å². The number of carboxylic acids is 1. The van der Waals surface area contributed by atoms with Gasteiger partial charge in [0.05, 0.1) is 6.29 Å². The number of hydrogen-bond donors (Lipinski definition) is 1. The highest BCUT2D eigenvalue weighted by Crippen LogP contribution is 2.70. The van der Waals surface area contributed by atoms with Crippen LogP contribution in [0.25, 0.3) is 0 Å². The van der Waals surface area contributed by atoms with Crippen molar-refractivity contribution in [3.63, 3.8) is 0 Å². The lowest BCUT2D eigenvalue weighted by Gasteiger charge is -2.31. The van der Waals surface area contributed by atoms with Crippen molar-refractivity contribution in [3.8, 4) is 0 Å². The van der Waals surface area contributed by atoms with E-state index in [-0.39, 0.29) is 19.3 Å². The first-order valence-corrected chi connectivity index (χ1v) is 15.2. The summed E-state index contributed by atoms with van der Waals surface area (Å²) in [5.41, 5.74) is -2.14. The SMILES string of the molecule is CCC(C(=O)O)N(CP(=O)(SCC(C)C)SCC(C)C)C(=O)OCc1ccccc1. The average molecular weight is 476 g/mol. The Bertz CT molecular complexity index is 699. The summed E-state index contributed by atoms with van der Waals surface area (Å²) < 4.78 is 19.1. The number of benzene rings is 1. The summed E-state index contributed by atoms with van der Waals surface area (Å²) in [7, 11) is 0. The predicted molar refractivity (Wildman–Crippen MR) is 127 cm³/mol. The highest BCUT2D eigenvalue weighted by molar-refractivity contribution is 8.90. The van der Waals surface area contributed by atoms with Crippen LogP contribution in [0.5, 0.6) is 0 Å². The Morgan fingerprint density at radius 2 is 1.60 bits per heavy atom. The third kappa shape index (κ3) is 9.80. The van der Waals surface area contributed by atoms with Crippen LogP contribution in [0, 0.1) is 11.8 Å². The lowest BCUT2D eigenvalue weighted by molar-refractivity contribution is -0.142. The van der Waals surface area contributed by atoms with Gasteiger partial charge in [-0.15, -0.1) is 0 Å². The fourth-order valence-electron chi connectivity index (χ4n) is 2.44. The summed E-state index contributed by atoms with van der Waals surface area (Å²) in [5.74, 6) is 0.910. The zero-order valence-electron chi connectivity index (χ0n) is 18.4. The van der Waals surface area contributed by atoms with Crippen molar-refractivity contribution in [2.45, 2.75) is 53.7 Å². The lowest BCUT2D eigenvalue weighted by Crippen LogP contribution is -2.45. The smallest absolute Gasteiger partial charge is 0.411 e. The van der Waals surface area contributed by atoms with Crippen LogP contribution in [-0.2, 0) is 20.7 Å². The summed E-state index contributed by atoms with van der Waals surface area (Å²) in [4.78, 5) is 25.8. The van der Waals surface area contributed by atoms with Crippen LogP contribution in [0.15, 0.2) is 30.3 Å². The molecule has 30 heavy (non-hydrogen) atoms. The maximum absolute atomic E-state index is 13.7. The topological polar surface area (TPSA) is 83.9 Å². The fourth-order valence-corrected chi connectivity index (χ4v) is 10.8. The van der Waals surface area contributed by atoms with E-state index in [2.05, 4.69) is 0 Å². The van der Waals surface area contributed by atoms with Gasteiger partial charge in [0.15, 0.2) is 0 Å².